The van der Waals surface area contributed by atoms with Crippen molar-refractivity contribution < 1.29 is 23.1 Å². The van der Waals surface area contributed by atoms with Crippen LogP contribution in [-0.4, -0.2) is 29.1 Å². The number of halogens is 3. The zero-order chi connectivity index (χ0) is 14.5. The molecule has 0 amide bonds. The van der Waals surface area contributed by atoms with Gasteiger partial charge in [0.15, 0.2) is 0 Å². The average molecular weight is 293 g/mol. The molecule has 0 heterocycles. The molecule has 2 N–H and O–H groups in total. The molecule has 1 aromatic carbocycles. The summed E-state index contributed by atoms with van der Waals surface area (Å²) in [6, 6.07) is 3.64. The Morgan fingerprint density at radius 3 is 2.68 bits per heavy atom. The number of rotatable bonds is 6. The van der Waals surface area contributed by atoms with E-state index in [1.807, 2.05) is 6.26 Å². The number of aliphatic carboxylic acids is 1. The number of benzene rings is 1. The standard InChI is InChI=1S/C12H14F3NO2S/c1-19-6-5-10(11(17)18)16-9-4-2-3-8(7-9)12(13,14)15/h2-4,7,10,16H,5-6H2,1H3,(H,17,18). The molecule has 0 aliphatic heterocycles. The van der Waals surface area contributed by atoms with Gasteiger partial charge >= 0.3 is 12.1 Å². The quantitative estimate of drug-likeness (QED) is 0.844. The highest BCUT2D eigenvalue weighted by Crippen LogP contribution is 2.30. The van der Waals surface area contributed by atoms with Crippen LogP contribution >= 0.6 is 11.8 Å². The molecule has 0 bridgehead atoms. The summed E-state index contributed by atoms with van der Waals surface area (Å²) < 4.78 is 37.6. The summed E-state index contributed by atoms with van der Waals surface area (Å²) in [4.78, 5) is 11.0. The Morgan fingerprint density at radius 1 is 1.47 bits per heavy atom. The molecule has 3 nitrogen and oxygen atoms in total. The summed E-state index contributed by atoms with van der Waals surface area (Å²) in [5.74, 6) is -0.463. The zero-order valence-electron chi connectivity index (χ0n) is 10.2. The van der Waals surface area contributed by atoms with Crippen molar-refractivity contribution in [2.45, 2.75) is 18.6 Å². The van der Waals surface area contributed by atoms with E-state index in [1.54, 1.807) is 0 Å². The maximum absolute atomic E-state index is 12.5. The van der Waals surface area contributed by atoms with Gasteiger partial charge in [-0.1, -0.05) is 6.07 Å². The highest BCUT2D eigenvalue weighted by molar-refractivity contribution is 7.98. The number of alkyl halides is 3. The predicted molar refractivity (Wildman–Crippen MR) is 69.5 cm³/mol. The highest BCUT2D eigenvalue weighted by Gasteiger charge is 2.30. The van der Waals surface area contributed by atoms with E-state index in [2.05, 4.69) is 5.32 Å². The van der Waals surface area contributed by atoms with E-state index in [1.165, 1.54) is 23.9 Å². The van der Waals surface area contributed by atoms with Gasteiger partial charge in [-0.15, -0.1) is 0 Å². The van der Waals surface area contributed by atoms with Crippen molar-refractivity contribution in [3.05, 3.63) is 29.8 Å². The summed E-state index contributed by atoms with van der Waals surface area (Å²) >= 11 is 1.48. The van der Waals surface area contributed by atoms with E-state index in [0.717, 1.165) is 12.1 Å². The number of carboxylic acids is 1. The third kappa shape index (κ3) is 5.02. The van der Waals surface area contributed by atoms with E-state index >= 15 is 0 Å². The summed E-state index contributed by atoms with van der Waals surface area (Å²) in [6.45, 7) is 0. The van der Waals surface area contributed by atoms with Crippen molar-refractivity contribution in [1.82, 2.24) is 0 Å². The van der Waals surface area contributed by atoms with Gasteiger partial charge in [-0.05, 0) is 36.6 Å². The Balaban J connectivity index is 2.82. The van der Waals surface area contributed by atoms with E-state index in [-0.39, 0.29) is 5.69 Å². The van der Waals surface area contributed by atoms with Crippen LogP contribution in [0.4, 0.5) is 18.9 Å². The summed E-state index contributed by atoms with van der Waals surface area (Å²) in [6.07, 6.45) is -2.26. The van der Waals surface area contributed by atoms with Crippen molar-refractivity contribution in [2.75, 3.05) is 17.3 Å². The smallest absolute Gasteiger partial charge is 0.416 e. The number of hydrogen-bond donors (Lipinski definition) is 2. The van der Waals surface area contributed by atoms with Crippen LogP contribution in [0.5, 0.6) is 0 Å². The molecule has 1 atom stereocenters. The third-order valence-corrected chi connectivity index (χ3v) is 3.08. The molecule has 0 aliphatic rings. The van der Waals surface area contributed by atoms with Gasteiger partial charge in [0.05, 0.1) is 5.56 Å². The summed E-state index contributed by atoms with van der Waals surface area (Å²) in [5.41, 5.74) is -0.644. The SMILES string of the molecule is CSCCC(Nc1cccc(C(F)(F)F)c1)C(=O)O. The van der Waals surface area contributed by atoms with Gasteiger partial charge in [-0.3, -0.25) is 0 Å². The van der Waals surface area contributed by atoms with Crippen molar-refractivity contribution in [3.8, 4) is 0 Å². The predicted octanol–water partition coefficient (Wildman–Crippen LogP) is 3.32. The number of nitrogens with one attached hydrogen (secondary N) is 1. The molecule has 1 aromatic rings. The first-order chi connectivity index (χ1) is 8.84. The van der Waals surface area contributed by atoms with Crippen LogP contribution in [0, 0.1) is 0 Å². The molecule has 0 radical (unpaired) electrons. The van der Waals surface area contributed by atoms with Crippen LogP contribution in [0.3, 0.4) is 0 Å². The lowest BCUT2D eigenvalue weighted by Crippen LogP contribution is -2.29. The molecule has 0 spiro atoms. The monoisotopic (exact) mass is 293 g/mol. The van der Waals surface area contributed by atoms with E-state index in [0.29, 0.717) is 12.2 Å². The fraction of sp³-hybridized carbons (Fsp3) is 0.417. The molecular formula is C12H14F3NO2S. The van der Waals surface area contributed by atoms with Crippen molar-refractivity contribution >= 4 is 23.4 Å². The van der Waals surface area contributed by atoms with Gasteiger partial charge in [0.1, 0.15) is 6.04 Å². The summed E-state index contributed by atoms with van der Waals surface area (Å²) in [7, 11) is 0. The van der Waals surface area contributed by atoms with Gasteiger partial charge < -0.3 is 10.4 Å². The number of anilines is 1. The van der Waals surface area contributed by atoms with Crippen LogP contribution in [0.1, 0.15) is 12.0 Å². The first-order valence-corrected chi connectivity index (χ1v) is 6.89. The fourth-order valence-electron chi connectivity index (χ4n) is 1.48. The van der Waals surface area contributed by atoms with E-state index in [4.69, 9.17) is 5.11 Å². The van der Waals surface area contributed by atoms with Crippen LogP contribution in [0.25, 0.3) is 0 Å². The van der Waals surface area contributed by atoms with Gasteiger partial charge in [-0.25, -0.2) is 4.79 Å². The molecule has 19 heavy (non-hydrogen) atoms. The second kappa shape index (κ2) is 6.70. The zero-order valence-corrected chi connectivity index (χ0v) is 11.0. The van der Waals surface area contributed by atoms with Crippen LogP contribution < -0.4 is 5.32 Å². The Bertz CT molecular complexity index is 437. The number of thioether (sulfide) groups is 1. The van der Waals surface area contributed by atoms with Gasteiger partial charge in [0, 0.05) is 5.69 Å². The molecule has 0 saturated heterocycles. The highest BCUT2D eigenvalue weighted by atomic mass is 32.2. The van der Waals surface area contributed by atoms with E-state index in [9.17, 15) is 18.0 Å². The lowest BCUT2D eigenvalue weighted by atomic mass is 10.1. The lowest BCUT2D eigenvalue weighted by Gasteiger charge is -2.16. The molecule has 0 aliphatic carbocycles. The van der Waals surface area contributed by atoms with Gasteiger partial charge in [0.2, 0.25) is 0 Å². The van der Waals surface area contributed by atoms with Gasteiger partial charge in [-0.2, -0.15) is 24.9 Å². The lowest BCUT2D eigenvalue weighted by molar-refractivity contribution is -0.138. The van der Waals surface area contributed by atoms with E-state index < -0.39 is 23.8 Å². The Kier molecular flexibility index (Phi) is 5.53. The molecule has 0 aromatic heterocycles. The minimum Gasteiger partial charge on any atom is -0.480 e. The Hall–Kier alpha value is -1.37. The Labute approximate surface area is 113 Å². The summed E-state index contributed by atoms with van der Waals surface area (Å²) in [5, 5.41) is 11.6. The minimum atomic E-state index is -4.43. The molecule has 106 valence electrons. The molecular weight excluding hydrogens is 279 g/mol. The number of hydrogen-bond acceptors (Lipinski definition) is 3. The minimum absolute atomic E-state index is 0.156. The molecule has 0 saturated carbocycles. The number of carbonyl (C=O) groups is 1. The van der Waals surface area contributed by atoms with Gasteiger partial charge in [0.25, 0.3) is 0 Å². The van der Waals surface area contributed by atoms with Crippen LogP contribution in [-0.2, 0) is 11.0 Å². The largest absolute Gasteiger partial charge is 0.480 e. The molecule has 1 rings (SSSR count). The Morgan fingerprint density at radius 2 is 2.16 bits per heavy atom. The maximum Gasteiger partial charge on any atom is 0.416 e. The average Bonchev–Trinajstić information content (AvgIpc) is 2.33. The third-order valence-electron chi connectivity index (χ3n) is 2.44. The molecule has 1 unspecified atom stereocenters. The second-order valence-electron chi connectivity index (χ2n) is 3.90. The van der Waals surface area contributed by atoms with Crippen molar-refractivity contribution in [2.24, 2.45) is 0 Å². The maximum atomic E-state index is 12.5. The molecule has 7 heteroatoms. The van der Waals surface area contributed by atoms with Crippen LogP contribution in [0.2, 0.25) is 0 Å². The first-order valence-electron chi connectivity index (χ1n) is 5.50. The fourth-order valence-corrected chi connectivity index (χ4v) is 1.95. The van der Waals surface area contributed by atoms with Crippen LogP contribution in [0.15, 0.2) is 24.3 Å². The number of carboxylic acid groups (broad SMARTS) is 1. The second-order valence-corrected chi connectivity index (χ2v) is 4.88. The molecule has 0 fully saturated rings. The normalized spacial score (nSPS) is 13.1. The first kappa shape index (κ1) is 15.7. The van der Waals surface area contributed by atoms with Crippen molar-refractivity contribution in [3.63, 3.8) is 0 Å². The van der Waals surface area contributed by atoms with Crippen molar-refractivity contribution in [1.29, 1.82) is 0 Å². The topological polar surface area (TPSA) is 49.3 Å².